The summed E-state index contributed by atoms with van der Waals surface area (Å²) in [4.78, 5) is 23.9. The van der Waals surface area contributed by atoms with Crippen LogP contribution in [0.5, 0.6) is 23.0 Å². The Morgan fingerprint density at radius 3 is 1.56 bits per heavy atom. The maximum Gasteiger partial charge on any atom is 0.163 e. The molecule has 0 fully saturated rings. The molecular weight excluding hydrogens is 434 g/mol. The Hall–Kier alpha value is -4.52. The molecule has 0 aromatic heterocycles. The van der Waals surface area contributed by atoms with Crippen LogP contribution in [0.1, 0.15) is 17.5 Å². The highest BCUT2D eigenvalue weighted by molar-refractivity contribution is 6.10. The lowest BCUT2D eigenvalue weighted by Crippen LogP contribution is -2.01. The molecule has 4 N–H and O–H groups in total. The smallest absolute Gasteiger partial charge is 0.163 e. The number of phenolic OH excluding ortho intramolecular Hbond substituents is 2. The number of hydrogen-bond donors (Lipinski definition) is 3. The monoisotopic (exact) mass is 461 g/mol. The third-order valence-corrected chi connectivity index (χ3v) is 4.48. The number of carbonyl (C=O) groups excluding carboxylic acids is 2. The van der Waals surface area contributed by atoms with Crippen molar-refractivity contribution in [3.63, 3.8) is 0 Å². The summed E-state index contributed by atoms with van der Waals surface area (Å²) >= 11 is 0. The van der Waals surface area contributed by atoms with Crippen molar-refractivity contribution in [2.75, 3.05) is 20.0 Å². The van der Waals surface area contributed by atoms with E-state index in [1.54, 1.807) is 36.4 Å². The Morgan fingerprint density at radius 1 is 0.765 bits per heavy atom. The molecule has 0 heterocycles. The van der Waals surface area contributed by atoms with E-state index < -0.39 is 0 Å². The zero-order chi connectivity index (χ0) is 24.9. The van der Waals surface area contributed by atoms with Crippen molar-refractivity contribution in [3.8, 4) is 23.0 Å². The van der Waals surface area contributed by atoms with Crippen LogP contribution in [0.3, 0.4) is 0 Å². The number of nitrogen functional groups attached to an aromatic ring is 1. The molecular formula is C27H27NO6. The first-order valence-corrected chi connectivity index (χ1v) is 10.3. The Bertz CT molecular complexity index is 1100. The van der Waals surface area contributed by atoms with Gasteiger partial charge in [0.15, 0.2) is 34.6 Å². The second kappa shape index (κ2) is 13.1. The number of aromatic hydroxyl groups is 2. The molecule has 0 atom stereocenters. The van der Waals surface area contributed by atoms with Gasteiger partial charge in [0, 0.05) is 5.69 Å². The predicted octanol–water partition coefficient (Wildman–Crippen LogP) is 4.64. The van der Waals surface area contributed by atoms with Gasteiger partial charge in [-0.15, -0.1) is 0 Å². The van der Waals surface area contributed by atoms with E-state index in [1.165, 1.54) is 38.5 Å². The summed E-state index contributed by atoms with van der Waals surface area (Å²) in [5.41, 5.74) is 7.51. The van der Waals surface area contributed by atoms with Crippen LogP contribution in [-0.2, 0) is 9.59 Å². The topological polar surface area (TPSA) is 119 Å². The molecule has 3 aromatic carbocycles. The molecule has 7 nitrogen and oxygen atoms in total. The zero-order valence-electron chi connectivity index (χ0n) is 19.0. The van der Waals surface area contributed by atoms with Crippen LogP contribution in [-0.4, -0.2) is 36.0 Å². The van der Waals surface area contributed by atoms with E-state index in [1.807, 2.05) is 30.3 Å². The van der Waals surface area contributed by atoms with E-state index in [9.17, 15) is 19.8 Å². The van der Waals surface area contributed by atoms with Crippen LogP contribution in [0, 0.1) is 0 Å². The van der Waals surface area contributed by atoms with Crippen molar-refractivity contribution in [2.24, 2.45) is 0 Å². The minimum Gasteiger partial charge on any atom is -0.504 e. The largest absolute Gasteiger partial charge is 0.504 e. The van der Waals surface area contributed by atoms with Gasteiger partial charge in [-0.05, 0) is 59.7 Å². The molecule has 0 spiro atoms. The molecule has 0 aliphatic rings. The summed E-state index contributed by atoms with van der Waals surface area (Å²) in [6.07, 6.45) is 5.44. The number of para-hydroxylation sites is 1. The SMILES string of the molecule is COc1cc(/C=C/C(=O)CC(=O)/C=C/c2ccc(O)c(OC)c2)ccc1O.Nc1ccccc1. The highest BCUT2D eigenvalue weighted by Crippen LogP contribution is 2.27. The van der Waals surface area contributed by atoms with Crippen LogP contribution < -0.4 is 15.2 Å². The standard InChI is InChI=1S/C21H20O6.C6H7N/c1-26-20-11-14(5-9-18(20)24)3-7-16(22)13-17(23)8-4-15-6-10-19(25)21(12-15)27-2;7-6-4-2-1-3-5-6/h3-12,24-25H,13H2,1-2H3;1-5H,7H2/b7-3+,8-4+;. The number of carbonyl (C=O) groups is 2. The summed E-state index contributed by atoms with van der Waals surface area (Å²) in [6, 6.07) is 18.8. The highest BCUT2D eigenvalue weighted by Gasteiger charge is 2.06. The Kier molecular flexibility index (Phi) is 9.94. The molecule has 0 aliphatic carbocycles. The van der Waals surface area contributed by atoms with E-state index in [0.717, 1.165) is 5.69 Å². The van der Waals surface area contributed by atoms with Gasteiger partial charge in [0.2, 0.25) is 0 Å². The molecule has 3 aromatic rings. The summed E-state index contributed by atoms with van der Waals surface area (Å²) in [5.74, 6) is -0.0832. The average Bonchev–Trinajstić information content (AvgIpc) is 2.84. The lowest BCUT2D eigenvalue weighted by atomic mass is 10.1. The van der Waals surface area contributed by atoms with Crippen LogP contribution in [0.4, 0.5) is 5.69 Å². The normalized spacial score (nSPS) is 10.5. The molecule has 3 rings (SSSR count). The summed E-state index contributed by atoms with van der Waals surface area (Å²) < 4.78 is 10.00. The molecule has 0 aliphatic heterocycles. The molecule has 0 bridgehead atoms. The fourth-order valence-electron chi connectivity index (χ4n) is 2.72. The number of methoxy groups -OCH3 is 2. The minimum absolute atomic E-state index is 0.00662. The second-order valence-corrected chi connectivity index (χ2v) is 7.05. The van der Waals surface area contributed by atoms with Crippen molar-refractivity contribution in [1.82, 2.24) is 0 Å². The number of rotatable bonds is 8. The average molecular weight is 462 g/mol. The van der Waals surface area contributed by atoms with Gasteiger partial charge >= 0.3 is 0 Å². The number of phenols is 2. The Labute approximate surface area is 198 Å². The zero-order valence-corrected chi connectivity index (χ0v) is 19.0. The minimum atomic E-state index is -0.347. The molecule has 0 unspecified atom stereocenters. The number of ether oxygens (including phenoxy) is 2. The third kappa shape index (κ3) is 8.55. The van der Waals surface area contributed by atoms with Gasteiger partial charge in [0.25, 0.3) is 0 Å². The first-order chi connectivity index (χ1) is 16.3. The number of ketones is 2. The van der Waals surface area contributed by atoms with Gasteiger partial charge in [0.05, 0.1) is 20.6 Å². The predicted molar refractivity (Wildman–Crippen MR) is 133 cm³/mol. The van der Waals surface area contributed by atoms with E-state index >= 15 is 0 Å². The number of benzene rings is 3. The van der Waals surface area contributed by atoms with Gasteiger partial charge in [-0.2, -0.15) is 0 Å². The Morgan fingerprint density at radius 2 is 1.21 bits per heavy atom. The number of nitrogens with two attached hydrogens (primary N) is 1. The number of anilines is 1. The lowest BCUT2D eigenvalue weighted by molar-refractivity contribution is -0.121. The first-order valence-electron chi connectivity index (χ1n) is 10.3. The van der Waals surface area contributed by atoms with Gasteiger partial charge in [-0.3, -0.25) is 9.59 Å². The fourth-order valence-corrected chi connectivity index (χ4v) is 2.72. The van der Waals surface area contributed by atoms with Crippen molar-refractivity contribution < 1.29 is 29.3 Å². The maximum absolute atomic E-state index is 11.9. The van der Waals surface area contributed by atoms with Gasteiger partial charge in [-0.25, -0.2) is 0 Å². The third-order valence-electron chi connectivity index (χ3n) is 4.48. The van der Waals surface area contributed by atoms with E-state index in [4.69, 9.17) is 15.2 Å². The number of hydrogen-bond acceptors (Lipinski definition) is 7. The second-order valence-electron chi connectivity index (χ2n) is 7.05. The van der Waals surface area contributed by atoms with Gasteiger partial charge < -0.3 is 25.4 Å². The molecule has 0 radical (unpaired) electrons. The molecule has 34 heavy (non-hydrogen) atoms. The summed E-state index contributed by atoms with van der Waals surface area (Å²) in [7, 11) is 2.87. The van der Waals surface area contributed by atoms with Crippen LogP contribution in [0.2, 0.25) is 0 Å². The van der Waals surface area contributed by atoms with Crippen molar-refractivity contribution in [3.05, 3.63) is 90.0 Å². The highest BCUT2D eigenvalue weighted by atomic mass is 16.5. The summed E-state index contributed by atoms with van der Waals surface area (Å²) in [6.45, 7) is 0. The first kappa shape index (κ1) is 25.7. The quantitative estimate of drug-likeness (QED) is 0.254. The van der Waals surface area contributed by atoms with Gasteiger partial charge in [-0.1, -0.05) is 42.5 Å². The van der Waals surface area contributed by atoms with Crippen LogP contribution in [0.25, 0.3) is 12.2 Å². The summed E-state index contributed by atoms with van der Waals surface area (Å²) in [5, 5.41) is 19.1. The van der Waals surface area contributed by atoms with Gasteiger partial charge in [0.1, 0.15) is 0 Å². The molecule has 7 heteroatoms. The van der Waals surface area contributed by atoms with Crippen LogP contribution in [0.15, 0.2) is 78.9 Å². The van der Waals surface area contributed by atoms with E-state index in [2.05, 4.69) is 0 Å². The van der Waals surface area contributed by atoms with Crippen molar-refractivity contribution in [1.29, 1.82) is 0 Å². The molecule has 0 saturated heterocycles. The molecule has 176 valence electrons. The lowest BCUT2D eigenvalue weighted by Gasteiger charge is -2.03. The molecule has 0 amide bonds. The van der Waals surface area contributed by atoms with E-state index in [-0.39, 0.29) is 29.5 Å². The maximum atomic E-state index is 11.9. The molecule has 0 saturated carbocycles. The number of allylic oxidation sites excluding steroid dienone is 2. The van der Waals surface area contributed by atoms with Crippen LogP contribution >= 0.6 is 0 Å². The van der Waals surface area contributed by atoms with Crippen molar-refractivity contribution in [2.45, 2.75) is 6.42 Å². The van der Waals surface area contributed by atoms with E-state index in [0.29, 0.717) is 22.6 Å². The fraction of sp³-hybridized carbons (Fsp3) is 0.111. The van der Waals surface area contributed by atoms with Crippen molar-refractivity contribution >= 4 is 29.4 Å². The Balaban J connectivity index is 0.000000497.